The summed E-state index contributed by atoms with van der Waals surface area (Å²) in [5.41, 5.74) is 2.05. The van der Waals surface area contributed by atoms with Crippen molar-refractivity contribution in [1.29, 1.82) is 0 Å². The number of rotatable bonds is 5. The van der Waals surface area contributed by atoms with Crippen molar-refractivity contribution < 1.29 is 14.3 Å². The van der Waals surface area contributed by atoms with Gasteiger partial charge in [-0.05, 0) is 42.5 Å². The second-order valence-corrected chi connectivity index (χ2v) is 5.16. The maximum absolute atomic E-state index is 12.6. The number of ether oxygens (including phenoxy) is 2. The van der Waals surface area contributed by atoms with E-state index in [1.165, 1.54) is 0 Å². The van der Waals surface area contributed by atoms with Gasteiger partial charge in [-0.3, -0.25) is 4.79 Å². The molecule has 5 nitrogen and oxygen atoms in total. The molecule has 0 saturated carbocycles. The van der Waals surface area contributed by atoms with Gasteiger partial charge in [0.2, 0.25) is 0 Å². The molecular formula is C19H18N2O3. The van der Waals surface area contributed by atoms with Gasteiger partial charge in [-0.1, -0.05) is 6.07 Å². The summed E-state index contributed by atoms with van der Waals surface area (Å²) >= 11 is 0. The fraction of sp³-hybridized carbons (Fsp3) is 0.105. The predicted octanol–water partition coefficient (Wildman–Crippen LogP) is 3.75. The largest absolute Gasteiger partial charge is 0.497 e. The highest BCUT2D eigenvalue weighted by Crippen LogP contribution is 2.29. The molecular weight excluding hydrogens is 304 g/mol. The van der Waals surface area contributed by atoms with Crippen LogP contribution in [-0.2, 0) is 0 Å². The molecule has 0 fully saturated rings. The first kappa shape index (κ1) is 15.7. The lowest BCUT2D eigenvalue weighted by Gasteiger charge is -2.12. The zero-order chi connectivity index (χ0) is 16.9. The molecule has 3 aromatic rings. The number of amides is 1. The van der Waals surface area contributed by atoms with Crippen LogP contribution in [0.1, 0.15) is 10.4 Å². The Morgan fingerprint density at radius 3 is 2.46 bits per heavy atom. The van der Waals surface area contributed by atoms with Crippen LogP contribution < -0.4 is 14.8 Å². The Morgan fingerprint density at radius 2 is 1.75 bits per heavy atom. The van der Waals surface area contributed by atoms with E-state index >= 15 is 0 Å². The van der Waals surface area contributed by atoms with Crippen LogP contribution in [0.3, 0.4) is 0 Å². The van der Waals surface area contributed by atoms with E-state index in [1.54, 1.807) is 38.5 Å². The molecule has 0 aliphatic heterocycles. The second kappa shape index (κ2) is 6.91. The Morgan fingerprint density at radius 1 is 0.958 bits per heavy atom. The van der Waals surface area contributed by atoms with Crippen LogP contribution >= 0.6 is 0 Å². The van der Waals surface area contributed by atoms with Crippen molar-refractivity contribution in [3.05, 3.63) is 72.6 Å². The van der Waals surface area contributed by atoms with Crippen molar-refractivity contribution >= 4 is 11.6 Å². The van der Waals surface area contributed by atoms with Crippen molar-refractivity contribution in [3.63, 3.8) is 0 Å². The third-order valence-corrected chi connectivity index (χ3v) is 3.67. The van der Waals surface area contributed by atoms with Crippen LogP contribution in [-0.4, -0.2) is 24.7 Å². The fourth-order valence-electron chi connectivity index (χ4n) is 2.42. The molecule has 24 heavy (non-hydrogen) atoms. The molecule has 0 saturated heterocycles. The van der Waals surface area contributed by atoms with Gasteiger partial charge in [0.05, 0.1) is 19.9 Å². The molecule has 0 unspecified atom stereocenters. The molecule has 122 valence electrons. The Bertz CT molecular complexity index is 842. The van der Waals surface area contributed by atoms with E-state index in [2.05, 4.69) is 5.32 Å². The molecule has 1 N–H and O–H groups in total. The van der Waals surface area contributed by atoms with E-state index in [0.717, 1.165) is 5.69 Å². The first-order valence-corrected chi connectivity index (χ1v) is 7.48. The number of hydrogen-bond acceptors (Lipinski definition) is 3. The van der Waals surface area contributed by atoms with Crippen molar-refractivity contribution in [1.82, 2.24) is 4.57 Å². The van der Waals surface area contributed by atoms with E-state index in [-0.39, 0.29) is 5.91 Å². The molecule has 1 heterocycles. The lowest BCUT2D eigenvalue weighted by Crippen LogP contribution is -2.13. The Balaban J connectivity index is 1.87. The van der Waals surface area contributed by atoms with Crippen LogP contribution in [0.5, 0.6) is 11.5 Å². The molecule has 0 radical (unpaired) electrons. The summed E-state index contributed by atoms with van der Waals surface area (Å²) in [5.74, 6) is 1.01. The summed E-state index contributed by atoms with van der Waals surface area (Å²) < 4.78 is 12.4. The van der Waals surface area contributed by atoms with Crippen LogP contribution in [0.25, 0.3) is 5.69 Å². The summed E-state index contributed by atoms with van der Waals surface area (Å²) in [6, 6.07) is 16.5. The number of benzene rings is 2. The topological polar surface area (TPSA) is 52.5 Å². The molecule has 0 atom stereocenters. The second-order valence-electron chi connectivity index (χ2n) is 5.16. The van der Waals surface area contributed by atoms with E-state index in [0.29, 0.717) is 22.7 Å². The third kappa shape index (κ3) is 3.25. The standard InChI is InChI=1S/C19H18N2O3/c1-23-16-8-9-18(24-2)17(13-16)20-19(22)14-6-5-7-15(12-14)21-10-3-4-11-21/h3-13H,1-2H3,(H,20,22). The first-order chi connectivity index (χ1) is 11.7. The van der Waals surface area contributed by atoms with Gasteiger partial charge in [0.25, 0.3) is 5.91 Å². The van der Waals surface area contributed by atoms with Gasteiger partial charge in [0.15, 0.2) is 0 Å². The first-order valence-electron chi connectivity index (χ1n) is 7.48. The molecule has 1 amide bonds. The normalized spacial score (nSPS) is 10.2. The molecule has 0 aliphatic rings. The van der Waals surface area contributed by atoms with Crippen LogP contribution in [0, 0.1) is 0 Å². The quantitative estimate of drug-likeness (QED) is 0.778. The average molecular weight is 322 g/mol. The van der Waals surface area contributed by atoms with Gasteiger partial charge in [-0.2, -0.15) is 0 Å². The minimum absolute atomic E-state index is 0.212. The van der Waals surface area contributed by atoms with Crippen molar-refractivity contribution in [2.24, 2.45) is 0 Å². The number of nitrogens with zero attached hydrogens (tertiary/aromatic N) is 1. The summed E-state index contributed by atoms with van der Waals surface area (Å²) in [5, 5.41) is 2.87. The molecule has 3 rings (SSSR count). The van der Waals surface area contributed by atoms with Crippen LogP contribution in [0.15, 0.2) is 67.0 Å². The number of aromatic nitrogens is 1. The van der Waals surface area contributed by atoms with Gasteiger partial charge in [0.1, 0.15) is 11.5 Å². The summed E-state index contributed by atoms with van der Waals surface area (Å²) in [6.07, 6.45) is 3.87. The van der Waals surface area contributed by atoms with Gasteiger partial charge < -0.3 is 19.4 Å². The van der Waals surface area contributed by atoms with Crippen molar-refractivity contribution in [2.45, 2.75) is 0 Å². The Hall–Kier alpha value is -3.21. The molecule has 0 aliphatic carbocycles. The highest BCUT2D eigenvalue weighted by molar-refractivity contribution is 6.05. The highest BCUT2D eigenvalue weighted by atomic mass is 16.5. The maximum atomic E-state index is 12.6. The van der Waals surface area contributed by atoms with Gasteiger partial charge in [0, 0.05) is 29.7 Å². The van der Waals surface area contributed by atoms with E-state index in [9.17, 15) is 4.79 Å². The number of carbonyl (C=O) groups excluding carboxylic acids is 1. The summed E-state index contributed by atoms with van der Waals surface area (Å²) in [7, 11) is 3.14. The number of carbonyl (C=O) groups is 1. The zero-order valence-electron chi connectivity index (χ0n) is 13.5. The Kier molecular flexibility index (Phi) is 4.52. The van der Waals surface area contributed by atoms with Crippen molar-refractivity contribution in [3.8, 4) is 17.2 Å². The lowest BCUT2D eigenvalue weighted by molar-refractivity contribution is 0.102. The Labute approximate surface area is 140 Å². The van der Waals surface area contributed by atoms with Gasteiger partial charge in [-0.15, -0.1) is 0 Å². The fourth-order valence-corrected chi connectivity index (χ4v) is 2.42. The number of anilines is 1. The van der Waals surface area contributed by atoms with Crippen LogP contribution in [0.4, 0.5) is 5.69 Å². The van der Waals surface area contributed by atoms with Gasteiger partial charge >= 0.3 is 0 Å². The summed E-state index contributed by atoms with van der Waals surface area (Å²) in [4.78, 5) is 12.6. The van der Waals surface area contributed by atoms with E-state index in [4.69, 9.17) is 9.47 Å². The average Bonchev–Trinajstić information content (AvgIpc) is 3.16. The zero-order valence-corrected chi connectivity index (χ0v) is 13.5. The predicted molar refractivity (Wildman–Crippen MR) is 93.3 cm³/mol. The minimum Gasteiger partial charge on any atom is -0.497 e. The van der Waals surface area contributed by atoms with Crippen molar-refractivity contribution in [2.75, 3.05) is 19.5 Å². The van der Waals surface area contributed by atoms with E-state index in [1.807, 2.05) is 47.3 Å². The number of nitrogens with one attached hydrogen (secondary N) is 1. The monoisotopic (exact) mass is 322 g/mol. The highest BCUT2D eigenvalue weighted by Gasteiger charge is 2.11. The molecule has 0 bridgehead atoms. The smallest absolute Gasteiger partial charge is 0.255 e. The number of methoxy groups -OCH3 is 2. The molecule has 5 heteroatoms. The van der Waals surface area contributed by atoms with Crippen LogP contribution in [0.2, 0.25) is 0 Å². The SMILES string of the molecule is COc1ccc(OC)c(NC(=O)c2cccc(-n3cccc3)c2)c1. The van der Waals surface area contributed by atoms with Gasteiger partial charge in [-0.25, -0.2) is 0 Å². The van der Waals surface area contributed by atoms with E-state index < -0.39 is 0 Å². The molecule has 1 aromatic heterocycles. The number of hydrogen-bond donors (Lipinski definition) is 1. The third-order valence-electron chi connectivity index (χ3n) is 3.67. The molecule has 0 spiro atoms. The maximum Gasteiger partial charge on any atom is 0.255 e. The minimum atomic E-state index is -0.212. The summed E-state index contributed by atoms with van der Waals surface area (Å²) in [6.45, 7) is 0. The molecule has 2 aromatic carbocycles. The lowest BCUT2D eigenvalue weighted by atomic mass is 10.1.